The van der Waals surface area contributed by atoms with Gasteiger partial charge in [0.15, 0.2) is 0 Å². The Labute approximate surface area is 128 Å². The van der Waals surface area contributed by atoms with E-state index in [1.54, 1.807) is 11.3 Å². The largest absolute Gasteiger partial charge is 0.368 e. The molecule has 0 spiro atoms. The van der Waals surface area contributed by atoms with Gasteiger partial charge in [-0.15, -0.1) is 11.3 Å². The predicted octanol–water partition coefficient (Wildman–Crippen LogP) is 4.07. The van der Waals surface area contributed by atoms with Crippen molar-refractivity contribution < 1.29 is 0 Å². The van der Waals surface area contributed by atoms with E-state index in [4.69, 9.17) is 0 Å². The molecule has 0 aromatic carbocycles. The van der Waals surface area contributed by atoms with Gasteiger partial charge in [0.1, 0.15) is 10.6 Å². The van der Waals surface area contributed by atoms with E-state index in [9.17, 15) is 0 Å². The molecule has 4 nitrogen and oxygen atoms in total. The average molecular weight is 310 g/mol. The van der Waals surface area contributed by atoms with Gasteiger partial charge >= 0.3 is 0 Å². The molecule has 0 aliphatic carbocycles. The highest BCUT2D eigenvalue weighted by Gasteiger charge is 2.17. The van der Waals surface area contributed by atoms with E-state index in [1.807, 2.05) is 11.8 Å². The molecule has 110 valence electrons. The highest BCUT2D eigenvalue weighted by Crippen LogP contribution is 2.28. The third kappa shape index (κ3) is 3.76. The van der Waals surface area contributed by atoms with Crippen LogP contribution in [0, 0.1) is 0 Å². The second-order valence-corrected chi connectivity index (χ2v) is 7.69. The lowest BCUT2D eigenvalue weighted by Crippen LogP contribution is -2.26. The molecule has 2 heterocycles. The summed E-state index contributed by atoms with van der Waals surface area (Å²) < 4.78 is 0.185. The summed E-state index contributed by atoms with van der Waals surface area (Å²) in [6.07, 6.45) is 3.20. The molecular weight excluding hydrogens is 288 g/mol. The van der Waals surface area contributed by atoms with Gasteiger partial charge < -0.3 is 10.6 Å². The summed E-state index contributed by atoms with van der Waals surface area (Å²) in [5, 5.41) is 9.91. The van der Waals surface area contributed by atoms with Gasteiger partial charge in [-0.3, -0.25) is 0 Å². The van der Waals surface area contributed by atoms with Crippen molar-refractivity contribution in [3.63, 3.8) is 0 Å². The number of rotatable bonds is 7. The van der Waals surface area contributed by atoms with Crippen LogP contribution >= 0.6 is 23.1 Å². The first kappa shape index (κ1) is 15.4. The number of anilines is 2. The Morgan fingerprint density at radius 2 is 2.10 bits per heavy atom. The maximum absolute atomic E-state index is 4.61. The minimum atomic E-state index is 0.185. The zero-order chi connectivity index (χ0) is 14.6. The molecule has 0 fully saturated rings. The molecule has 0 saturated heterocycles. The fourth-order valence-electron chi connectivity index (χ4n) is 1.67. The van der Waals surface area contributed by atoms with E-state index in [0.29, 0.717) is 5.95 Å². The molecule has 0 saturated carbocycles. The number of nitrogens with one attached hydrogen (secondary N) is 2. The Morgan fingerprint density at radius 1 is 1.30 bits per heavy atom. The summed E-state index contributed by atoms with van der Waals surface area (Å²) in [7, 11) is 0. The Kier molecular flexibility index (Phi) is 5.10. The molecule has 0 unspecified atom stereocenters. The van der Waals surface area contributed by atoms with Gasteiger partial charge in [0.2, 0.25) is 5.95 Å². The molecule has 6 heteroatoms. The van der Waals surface area contributed by atoms with Gasteiger partial charge in [0.05, 0.1) is 5.39 Å². The number of hydrogen-bond acceptors (Lipinski definition) is 6. The van der Waals surface area contributed by atoms with Crippen LogP contribution in [0.1, 0.15) is 27.2 Å². The van der Waals surface area contributed by atoms with Crippen LogP contribution in [0.25, 0.3) is 10.2 Å². The molecule has 2 aromatic rings. The molecule has 0 atom stereocenters. The van der Waals surface area contributed by atoms with Gasteiger partial charge in [0.25, 0.3) is 0 Å². The van der Waals surface area contributed by atoms with Crippen molar-refractivity contribution in [1.82, 2.24) is 9.97 Å². The molecule has 0 bridgehead atoms. The lowest BCUT2D eigenvalue weighted by atomic mass is 10.2. The fraction of sp³-hybridized carbons (Fsp3) is 0.571. The van der Waals surface area contributed by atoms with E-state index >= 15 is 0 Å². The van der Waals surface area contributed by atoms with Crippen molar-refractivity contribution in [2.45, 2.75) is 31.9 Å². The summed E-state index contributed by atoms with van der Waals surface area (Å²) in [5.74, 6) is 1.64. The monoisotopic (exact) mass is 310 g/mol. The van der Waals surface area contributed by atoms with Gasteiger partial charge in [-0.25, -0.2) is 4.98 Å². The second kappa shape index (κ2) is 6.63. The summed E-state index contributed by atoms with van der Waals surface area (Å²) >= 11 is 3.50. The van der Waals surface area contributed by atoms with Crippen LogP contribution in [0.5, 0.6) is 0 Å². The highest BCUT2D eigenvalue weighted by atomic mass is 32.2. The van der Waals surface area contributed by atoms with Crippen LogP contribution in [-0.2, 0) is 0 Å². The third-order valence-electron chi connectivity index (χ3n) is 3.09. The average Bonchev–Trinajstić information content (AvgIpc) is 2.91. The maximum Gasteiger partial charge on any atom is 0.226 e. The summed E-state index contributed by atoms with van der Waals surface area (Å²) in [5.41, 5.74) is 0. The van der Waals surface area contributed by atoms with Crippen LogP contribution < -0.4 is 10.6 Å². The Hall–Kier alpha value is -1.01. The Morgan fingerprint density at radius 3 is 2.80 bits per heavy atom. The van der Waals surface area contributed by atoms with Crippen LogP contribution in [0.3, 0.4) is 0 Å². The van der Waals surface area contributed by atoms with Crippen LogP contribution in [0.4, 0.5) is 11.8 Å². The van der Waals surface area contributed by atoms with E-state index in [2.05, 4.69) is 59.1 Å². The van der Waals surface area contributed by atoms with Gasteiger partial charge in [-0.2, -0.15) is 16.7 Å². The molecule has 2 aromatic heterocycles. The standard InChI is InChI=1S/C14H22N4S2/c1-5-7-15-13-17-11(16-9-14(2,3)19-4)10-6-8-20-12(10)18-13/h6,8H,5,7,9H2,1-4H3,(H2,15,16,17,18). The van der Waals surface area contributed by atoms with E-state index in [-0.39, 0.29) is 4.75 Å². The van der Waals surface area contributed by atoms with Gasteiger partial charge in [0, 0.05) is 17.8 Å². The first-order valence-corrected chi connectivity index (χ1v) is 8.94. The van der Waals surface area contributed by atoms with Crippen LogP contribution in [0.15, 0.2) is 11.4 Å². The smallest absolute Gasteiger partial charge is 0.226 e. The molecule has 0 aliphatic rings. The minimum Gasteiger partial charge on any atom is -0.368 e. The minimum absolute atomic E-state index is 0.185. The molecule has 0 radical (unpaired) electrons. The van der Waals surface area contributed by atoms with Crippen molar-refractivity contribution in [3.05, 3.63) is 11.4 Å². The Bertz CT molecular complexity index is 565. The van der Waals surface area contributed by atoms with Crippen molar-refractivity contribution in [2.24, 2.45) is 0 Å². The highest BCUT2D eigenvalue weighted by molar-refractivity contribution is 7.99. The summed E-state index contributed by atoms with van der Waals surface area (Å²) in [4.78, 5) is 10.2. The second-order valence-electron chi connectivity index (χ2n) is 5.28. The van der Waals surface area contributed by atoms with Gasteiger partial charge in [-0.1, -0.05) is 6.92 Å². The zero-order valence-electron chi connectivity index (χ0n) is 12.5. The lowest BCUT2D eigenvalue weighted by molar-refractivity contribution is 0.750. The SMILES string of the molecule is CCCNc1nc(NCC(C)(C)SC)c2ccsc2n1. The van der Waals surface area contributed by atoms with Crippen LogP contribution in [-0.4, -0.2) is 34.1 Å². The van der Waals surface area contributed by atoms with Crippen molar-refractivity contribution in [2.75, 3.05) is 30.0 Å². The van der Waals surface area contributed by atoms with Crippen molar-refractivity contribution in [3.8, 4) is 0 Å². The molecule has 20 heavy (non-hydrogen) atoms. The third-order valence-corrected chi connectivity index (χ3v) is 5.15. The first-order chi connectivity index (χ1) is 9.55. The summed E-state index contributed by atoms with van der Waals surface area (Å²) in [6, 6.07) is 2.08. The van der Waals surface area contributed by atoms with E-state index in [1.165, 1.54) is 0 Å². The van der Waals surface area contributed by atoms with E-state index < -0.39 is 0 Å². The normalized spacial score (nSPS) is 11.8. The van der Waals surface area contributed by atoms with Crippen molar-refractivity contribution >= 4 is 45.1 Å². The van der Waals surface area contributed by atoms with Crippen LogP contribution in [0.2, 0.25) is 0 Å². The van der Waals surface area contributed by atoms with E-state index in [0.717, 1.165) is 35.5 Å². The Balaban J connectivity index is 2.23. The number of fused-ring (bicyclic) bond motifs is 1. The quantitative estimate of drug-likeness (QED) is 0.807. The number of thioether (sulfide) groups is 1. The molecule has 2 N–H and O–H groups in total. The fourth-order valence-corrected chi connectivity index (χ4v) is 2.66. The maximum atomic E-state index is 4.61. The number of aromatic nitrogens is 2. The number of thiophene rings is 1. The molecule has 0 amide bonds. The first-order valence-electron chi connectivity index (χ1n) is 6.84. The topological polar surface area (TPSA) is 49.8 Å². The van der Waals surface area contributed by atoms with Crippen molar-refractivity contribution in [1.29, 1.82) is 0 Å². The van der Waals surface area contributed by atoms with Gasteiger partial charge in [-0.05, 0) is 38.0 Å². The molecule has 2 rings (SSSR count). The lowest BCUT2D eigenvalue weighted by Gasteiger charge is -2.23. The predicted molar refractivity (Wildman–Crippen MR) is 92.3 cm³/mol. The zero-order valence-corrected chi connectivity index (χ0v) is 14.1. The molecular formula is C14H22N4S2. The molecule has 0 aliphatic heterocycles. The number of nitrogens with zero attached hydrogens (tertiary/aromatic N) is 2. The summed E-state index contributed by atoms with van der Waals surface area (Å²) in [6.45, 7) is 8.37. The number of hydrogen-bond donors (Lipinski definition) is 2.